The lowest BCUT2D eigenvalue weighted by Crippen LogP contribution is -2.18. The van der Waals surface area contributed by atoms with Crippen LogP contribution in [0.1, 0.15) is 25.0 Å². The zero-order chi connectivity index (χ0) is 44.9. The summed E-state index contributed by atoms with van der Waals surface area (Å²) < 4.78 is 0. The van der Waals surface area contributed by atoms with E-state index in [1.807, 2.05) is 0 Å². The monoisotopic (exact) mass is 855 g/mol. The number of fused-ring (bicyclic) bond motifs is 4. The average molecular weight is 856 g/mol. The average Bonchev–Trinajstić information content (AvgIpc) is 3.40. The Morgan fingerprint density at radius 1 is 0.269 bits per heavy atom. The maximum atomic E-state index is 5.39. The number of rotatable bonds is 8. The largest absolute Gasteiger partial charge is 0.248 e. The molecule has 0 radical (unpaired) electrons. The van der Waals surface area contributed by atoms with Crippen molar-refractivity contribution < 1.29 is 0 Å². The van der Waals surface area contributed by atoms with Crippen LogP contribution in [-0.4, -0.2) is 15.0 Å². The molecule has 12 aromatic rings. The highest BCUT2D eigenvalue weighted by molar-refractivity contribution is 6.01. The van der Waals surface area contributed by atoms with Gasteiger partial charge in [-0.2, -0.15) is 0 Å². The zero-order valence-electron chi connectivity index (χ0n) is 37.4. The van der Waals surface area contributed by atoms with Gasteiger partial charge in [-0.3, -0.25) is 0 Å². The van der Waals surface area contributed by atoms with Crippen LogP contribution in [0.5, 0.6) is 0 Å². The molecule has 0 spiro atoms. The van der Waals surface area contributed by atoms with Crippen molar-refractivity contribution in [2.24, 2.45) is 0 Å². The third kappa shape index (κ3) is 7.32. The molecule has 0 bridgehead atoms. The maximum absolute atomic E-state index is 5.39. The Morgan fingerprint density at radius 3 is 1.10 bits per heavy atom. The van der Waals surface area contributed by atoms with E-state index >= 15 is 0 Å². The van der Waals surface area contributed by atoms with Crippen LogP contribution in [0.25, 0.3) is 111 Å². The van der Waals surface area contributed by atoms with Gasteiger partial charge in [-0.1, -0.05) is 232 Å². The van der Waals surface area contributed by atoms with Crippen molar-refractivity contribution in [3.8, 4) is 67.5 Å². The first-order valence-electron chi connectivity index (χ1n) is 23.0. The van der Waals surface area contributed by atoms with Gasteiger partial charge in [0.1, 0.15) is 0 Å². The molecule has 0 saturated heterocycles. The molecular weight excluding hydrogens is 811 g/mol. The topological polar surface area (TPSA) is 38.7 Å². The van der Waals surface area contributed by atoms with E-state index in [1.165, 1.54) is 49.0 Å². The van der Waals surface area contributed by atoms with E-state index in [1.54, 1.807) is 0 Å². The summed E-state index contributed by atoms with van der Waals surface area (Å²) in [6, 6.07) is 84.6. The van der Waals surface area contributed by atoms with E-state index in [4.69, 9.17) is 15.0 Å². The van der Waals surface area contributed by atoms with Gasteiger partial charge in [-0.15, -0.1) is 0 Å². The highest BCUT2D eigenvalue weighted by Gasteiger charge is 2.24. The Balaban J connectivity index is 0.911. The van der Waals surface area contributed by atoms with E-state index in [9.17, 15) is 0 Å². The first kappa shape index (κ1) is 40.0. The predicted octanol–water partition coefficient (Wildman–Crippen LogP) is 16.8. The molecule has 3 nitrogen and oxygen atoms in total. The van der Waals surface area contributed by atoms with Gasteiger partial charge in [0, 0.05) is 33.2 Å². The maximum Gasteiger partial charge on any atom is 0.161 e. The smallest absolute Gasteiger partial charge is 0.161 e. The molecule has 316 valence electrons. The summed E-state index contributed by atoms with van der Waals surface area (Å²) in [5.74, 6) is 0.711. The number of benzene rings is 10. The standard InChI is InChI=1S/C64H45N3/c1-64(2,49-35-31-46(32-36-49)59-39-48(55-27-11-19-42-15-3-7-23-51(42)55)40-61(65-59)56-28-12-20-43-16-4-8-24-52(43)56)50-37-33-47(34-38-50)60-41-62(57-29-13-21-44-17-5-9-25-53(44)57)67-63(66-60)58-30-14-22-45-18-6-10-26-54(45)58/h3-41H,1-2H3. The van der Waals surface area contributed by atoms with Crippen LogP contribution in [0.3, 0.4) is 0 Å². The fourth-order valence-corrected chi connectivity index (χ4v) is 9.90. The molecule has 10 aromatic carbocycles. The van der Waals surface area contributed by atoms with Gasteiger partial charge in [0.25, 0.3) is 0 Å². The summed E-state index contributed by atoms with van der Waals surface area (Å²) in [7, 11) is 0. The second kappa shape index (κ2) is 16.5. The lowest BCUT2D eigenvalue weighted by molar-refractivity contribution is 0.641. The number of pyridine rings is 1. The Bertz CT molecular complexity index is 3360. The van der Waals surface area contributed by atoms with Crippen molar-refractivity contribution in [1.82, 2.24) is 15.0 Å². The van der Waals surface area contributed by atoms with Gasteiger partial charge in [-0.05, 0) is 83.5 Å². The Morgan fingerprint density at radius 2 is 0.612 bits per heavy atom. The second-order valence-corrected chi connectivity index (χ2v) is 18.0. The highest BCUT2D eigenvalue weighted by atomic mass is 14.9. The molecule has 0 aliphatic rings. The summed E-state index contributed by atoms with van der Waals surface area (Å²) in [5, 5.41) is 9.48. The molecule has 67 heavy (non-hydrogen) atoms. The molecule has 0 fully saturated rings. The molecule has 2 heterocycles. The van der Waals surface area contributed by atoms with Gasteiger partial charge in [0.05, 0.1) is 22.8 Å². The molecule has 0 aliphatic carbocycles. The minimum Gasteiger partial charge on any atom is -0.248 e. The third-order valence-corrected chi connectivity index (χ3v) is 13.6. The SMILES string of the molecule is CC(C)(c1ccc(-c2cc(-c3cccc4ccccc34)cc(-c3cccc4ccccc34)n2)cc1)c1ccc(-c2cc(-c3cccc4ccccc34)nc(-c3cccc4ccccc34)n2)cc1. The van der Waals surface area contributed by atoms with Crippen molar-refractivity contribution in [2.45, 2.75) is 19.3 Å². The number of hydrogen-bond donors (Lipinski definition) is 0. The number of hydrogen-bond acceptors (Lipinski definition) is 3. The van der Waals surface area contributed by atoms with E-state index in [2.05, 4.69) is 250 Å². The lowest BCUT2D eigenvalue weighted by atomic mass is 9.77. The van der Waals surface area contributed by atoms with Crippen LogP contribution in [0.15, 0.2) is 237 Å². The van der Waals surface area contributed by atoms with Gasteiger partial charge in [0.15, 0.2) is 5.82 Å². The molecule has 0 amide bonds. The van der Waals surface area contributed by atoms with Crippen LogP contribution in [-0.2, 0) is 5.41 Å². The van der Waals surface area contributed by atoms with Gasteiger partial charge >= 0.3 is 0 Å². The van der Waals surface area contributed by atoms with E-state index in [-0.39, 0.29) is 5.41 Å². The van der Waals surface area contributed by atoms with E-state index < -0.39 is 0 Å². The quantitative estimate of drug-likeness (QED) is 0.153. The molecule has 0 unspecified atom stereocenters. The fourth-order valence-electron chi connectivity index (χ4n) is 9.90. The predicted molar refractivity (Wildman–Crippen MR) is 281 cm³/mol. The second-order valence-electron chi connectivity index (χ2n) is 18.0. The van der Waals surface area contributed by atoms with Gasteiger partial charge < -0.3 is 0 Å². The Hall–Kier alpha value is -8.53. The summed E-state index contributed by atoms with van der Waals surface area (Å²) in [5.41, 5.74) is 13.5. The summed E-state index contributed by atoms with van der Waals surface area (Å²) in [6.45, 7) is 4.61. The van der Waals surface area contributed by atoms with E-state index in [0.717, 1.165) is 66.9 Å². The molecule has 12 rings (SSSR count). The van der Waals surface area contributed by atoms with Crippen LogP contribution >= 0.6 is 0 Å². The Labute approximate surface area is 390 Å². The minimum atomic E-state index is -0.280. The highest BCUT2D eigenvalue weighted by Crippen LogP contribution is 2.39. The van der Waals surface area contributed by atoms with Gasteiger partial charge in [-0.25, -0.2) is 15.0 Å². The zero-order valence-corrected chi connectivity index (χ0v) is 37.4. The molecule has 3 heteroatoms. The molecular formula is C64H45N3. The minimum absolute atomic E-state index is 0.280. The first-order chi connectivity index (χ1) is 32.9. The summed E-state index contributed by atoms with van der Waals surface area (Å²) in [4.78, 5) is 15.9. The summed E-state index contributed by atoms with van der Waals surface area (Å²) >= 11 is 0. The van der Waals surface area contributed by atoms with Crippen molar-refractivity contribution in [3.05, 3.63) is 248 Å². The van der Waals surface area contributed by atoms with Crippen molar-refractivity contribution in [1.29, 1.82) is 0 Å². The molecule has 2 aromatic heterocycles. The van der Waals surface area contributed by atoms with Crippen LogP contribution in [0.2, 0.25) is 0 Å². The molecule has 0 saturated carbocycles. The third-order valence-electron chi connectivity index (χ3n) is 13.6. The van der Waals surface area contributed by atoms with Crippen molar-refractivity contribution in [3.63, 3.8) is 0 Å². The van der Waals surface area contributed by atoms with Crippen LogP contribution < -0.4 is 0 Å². The van der Waals surface area contributed by atoms with Crippen molar-refractivity contribution in [2.75, 3.05) is 0 Å². The van der Waals surface area contributed by atoms with Crippen LogP contribution in [0, 0.1) is 0 Å². The molecule has 0 aliphatic heterocycles. The van der Waals surface area contributed by atoms with Crippen LogP contribution in [0.4, 0.5) is 0 Å². The molecule has 0 atom stereocenters. The number of nitrogens with zero attached hydrogens (tertiary/aromatic N) is 3. The normalized spacial score (nSPS) is 11.7. The fraction of sp³-hybridized carbons (Fsp3) is 0.0469. The number of aromatic nitrogens is 3. The van der Waals surface area contributed by atoms with E-state index in [0.29, 0.717) is 5.82 Å². The lowest BCUT2D eigenvalue weighted by Gasteiger charge is -2.26. The summed E-state index contributed by atoms with van der Waals surface area (Å²) in [6.07, 6.45) is 0. The van der Waals surface area contributed by atoms with Gasteiger partial charge in [0.2, 0.25) is 0 Å². The molecule has 0 N–H and O–H groups in total. The first-order valence-corrected chi connectivity index (χ1v) is 23.0. The Kier molecular flexibility index (Phi) is 9.84. The van der Waals surface area contributed by atoms with Crippen molar-refractivity contribution >= 4 is 43.1 Å².